The van der Waals surface area contributed by atoms with Gasteiger partial charge >= 0.3 is 17.9 Å². The van der Waals surface area contributed by atoms with Crippen molar-refractivity contribution in [1.29, 1.82) is 0 Å². The van der Waals surface area contributed by atoms with Gasteiger partial charge in [-0.3, -0.25) is 14.4 Å². The molecule has 2 rings (SSSR count). The van der Waals surface area contributed by atoms with Crippen molar-refractivity contribution in [3.05, 3.63) is 46.5 Å². The van der Waals surface area contributed by atoms with Crippen LogP contribution in [0, 0.1) is 0 Å². The van der Waals surface area contributed by atoms with Gasteiger partial charge in [0.2, 0.25) is 0 Å². The summed E-state index contributed by atoms with van der Waals surface area (Å²) in [6.45, 7) is 30.9. The minimum absolute atomic E-state index is 0.0378. The van der Waals surface area contributed by atoms with Gasteiger partial charge in [-0.2, -0.15) is 0 Å². The van der Waals surface area contributed by atoms with Crippen molar-refractivity contribution < 1.29 is 33.8 Å². The molecule has 7 nitrogen and oxygen atoms in total. The second-order valence-electron chi connectivity index (χ2n) is 17.3. The fraction of sp³-hybridized carbons (Fsp3) is 0.600. The summed E-state index contributed by atoms with van der Waals surface area (Å²) < 4.78 is 11.6. The second kappa shape index (κ2) is 15.6. The Morgan fingerprint density at radius 1 is 0.531 bits per heavy atom. The SMILES string of the molecule is CC(=O)CCC(=O)Oc1c(C(C)(C)C)cc(SC(C)(C)Sc2cc(C(C)(C)C)c(OC(=O)CCC(=O)O)c(C(C)(C)C)c2)cc1C(C)(C)C. The molecule has 0 fully saturated rings. The van der Waals surface area contributed by atoms with Gasteiger partial charge in [-0.25, -0.2) is 0 Å². The van der Waals surface area contributed by atoms with Crippen molar-refractivity contribution in [3.8, 4) is 11.5 Å². The summed E-state index contributed by atoms with van der Waals surface area (Å²) in [6.07, 6.45) is -0.302. The molecule has 2 aromatic carbocycles. The first-order valence-corrected chi connectivity index (χ1v) is 18.5. The van der Waals surface area contributed by atoms with E-state index in [1.165, 1.54) is 6.92 Å². The van der Waals surface area contributed by atoms with Gasteiger partial charge in [0, 0.05) is 38.5 Å². The Morgan fingerprint density at radius 3 is 1.06 bits per heavy atom. The molecule has 272 valence electrons. The molecule has 49 heavy (non-hydrogen) atoms. The monoisotopic (exact) mass is 714 g/mol. The fourth-order valence-electron chi connectivity index (χ4n) is 5.18. The molecule has 0 aromatic heterocycles. The molecular formula is C40H58O7S2. The van der Waals surface area contributed by atoms with Crippen molar-refractivity contribution in [2.45, 2.75) is 165 Å². The molecule has 0 atom stereocenters. The van der Waals surface area contributed by atoms with Crippen LogP contribution in [0.2, 0.25) is 0 Å². The largest absolute Gasteiger partial charge is 0.481 e. The lowest BCUT2D eigenvalue weighted by molar-refractivity contribution is -0.142. The van der Waals surface area contributed by atoms with Crippen molar-refractivity contribution >= 4 is 47.2 Å². The van der Waals surface area contributed by atoms with Crippen LogP contribution >= 0.6 is 23.5 Å². The Labute approximate surface area is 303 Å². The van der Waals surface area contributed by atoms with E-state index in [1.54, 1.807) is 23.5 Å². The van der Waals surface area contributed by atoms with Crippen LogP contribution in [-0.2, 0) is 40.8 Å². The van der Waals surface area contributed by atoms with Crippen LogP contribution in [0.1, 0.15) is 152 Å². The molecular weight excluding hydrogens is 657 g/mol. The van der Waals surface area contributed by atoms with Gasteiger partial charge in [-0.15, -0.1) is 23.5 Å². The molecule has 2 aromatic rings. The fourth-order valence-corrected chi connectivity index (χ4v) is 7.76. The predicted molar refractivity (Wildman–Crippen MR) is 202 cm³/mol. The lowest BCUT2D eigenvalue weighted by Crippen LogP contribution is -2.23. The highest BCUT2D eigenvalue weighted by Crippen LogP contribution is 2.51. The number of thioether (sulfide) groups is 2. The summed E-state index contributed by atoms with van der Waals surface area (Å²) in [7, 11) is 0. The van der Waals surface area contributed by atoms with Crippen LogP contribution in [0.15, 0.2) is 34.1 Å². The van der Waals surface area contributed by atoms with Crippen LogP contribution < -0.4 is 9.47 Å². The van der Waals surface area contributed by atoms with E-state index < -0.39 is 17.9 Å². The van der Waals surface area contributed by atoms with Gasteiger partial charge < -0.3 is 19.4 Å². The van der Waals surface area contributed by atoms with E-state index in [-0.39, 0.29) is 57.2 Å². The Kier molecular flexibility index (Phi) is 13.5. The molecule has 9 heteroatoms. The predicted octanol–water partition coefficient (Wildman–Crippen LogP) is 10.5. The van der Waals surface area contributed by atoms with E-state index in [0.29, 0.717) is 11.5 Å². The van der Waals surface area contributed by atoms with Crippen molar-refractivity contribution in [1.82, 2.24) is 0 Å². The Morgan fingerprint density at radius 2 is 0.816 bits per heavy atom. The smallest absolute Gasteiger partial charge is 0.311 e. The van der Waals surface area contributed by atoms with Crippen molar-refractivity contribution in [2.75, 3.05) is 0 Å². The zero-order valence-electron chi connectivity index (χ0n) is 32.4. The first kappa shape index (κ1) is 42.4. The molecule has 0 aliphatic heterocycles. The van der Waals surface area contributed by atoms with Gasteiger partial charge in [0.05, 0.1) is 23.3 Å². The lowest BCUT2D eigenvalue weighted by Gasteiger charge is -2.33. The highest BCUT2D eigenvalue weighted by atomic mass is 32.2. The molecule has 0 unspecified atom stereocenters. The number of Topliss-reactive ketones (excluding diaryl/α,β-unsaturated/α-hetero) is 1. The van der Waals surface area contributed by atoms with Gasteiger partial charge in [0.15, 0.2) is 0 Å². The van der Waals surface area contributed by atoms with E-state index in [4.69, 9.17) is 14.6 Å². The number of ether oxygens (including phenoxy) is 2. The third kappa shape index (κ3) is 12.8. The van der Waals surface area contributed by atoms with E-state index in [1.807, 2.05) is 0 Å². The van der Waals surface area contributed by atoms with Crippen LogP contribution in [0.3, 0.4) is 0 Å². The van der Waals surface area contributed by atoms with Gasteiger partial charge in [-0.1, -0.05) is 83.1 Å². The van der Waals surface area contributed by atoms with Crippen molar-refractivity contribution in [3.63, 3.8) is 0 Å². The quantitative estimate of drug-likeness (QED) is 0.0994. The number of esters is 2. The Balaban J connectivity index is 2.65. The highest BCUT2D eigenvalue weighted by Gasteiger charge is 2.34. The van der Waals surface area contributed by atoms with Crippen LogP contribution in [0.25, 0.3) is 0 Å². The standard InChI is InChI=1S/C40H58O7S2/c1-24(41)16-18-32(44)46-34-27(36(2,3)4)20-25(21-28(34)37(5,6)7)48-40(14,15)49-26-22-29(38(8,9)10)35(30(23-26)39(11,12)13)47-33(45)19-17-31(42)43/h20-23H,16-19H2,1-15H3,(H,42,43). The molecule has 0 aliphatic rings. The number of carbonyl (C=O) groups is 4. The Bertz CT molecular complexity index is 1370. The van der Waals surface area contributed by atoms with E-state index >= 15 is 0 Å². The topological polar surface area (TPSA) is 107 Å². The molecule has 0 radical (unpaired) electrons. The van der Waals surface area contributed by atoms with Crippen LogP contribution in [0.5, 0.6) is 11.5 Å². The number of carbonyl (C=O) groups excluding carboxylic acids is 3. The van der Waals surface area contributed by atoms with Gasteiger partial charge in [0.1, 0.15) is 17.3 Å². The zero-order chi connectivity index (χ0) is 37.9. The number of hydrogen-bond acceptors (Lipinski definition) is 8. The third-order valence-electron chi connectivity index (χ3n) is 7.74. The van der Waals surface area contributed by atoms with Gasteiger partial charge in [0.25, 0.3) is 0 Å². The van der Waals surface area contributed by atoms with Crippen LogP contribution in [0.4, 0.5) is 0 Å². The summed E-state index contributed by atoms with van der Waals surface area (Å²) in [5.41, 5.74) is 2.24. The number of carboxylic acids is 1. The molecule has 0 saturated heterocycles. The van der Waals surface area contributed by atoms with E-state index in [2.05, 4.69) is 121 Å². The maximum atomic E-state index is 12.9. The van der Waals surface area contributed by atoms with Crippen molar-refractivity contribution in [2.24, 2.45) is 0 Å². The van der Waals surface area contributed by atoms with Crippen LogP contribution in [-0.4, -0.2) is 32.9 Å². The summed E-state index contributed by atoms with van der Waals surface area (Å²) in [6, 6.07) is 8.42. The maximum absolute atomic E-state index is 12.9. The normalized spacial score (nSPS) is 12.9. The number of benzene rings is 2. The summed E-state index contributed by atoms with van der Waals surface area (Å²) >= 11 is 3.45. The molecule has 0 heterocycles. The highest BCUT2D eigenvalue weighted by molar-refractivity contribution is 8.18. The molecule has 0 saturated carbocycles. The second-order valence-corrected chi connectivity index (χ2v) is 21.0. The molecule has 0 aliphatic carbocycles. The lowest BCUT2D eigenvalue weighted by atomic mass is 9.79. The number of hydrogen-bond donors (Lipinski definition) is 1. The number of ketones is 1. The first-order valence-electron chi connectivity index (χ1n) is 16.9. The Hall–Kier alpha value is -2.78. The molecule has 0 spiro atoms. The number of rotatable bonds is 12. The zero-order valence-corrected chi connectivity index (χ0v) is 34.0. The van der Waals surface area contributed by atoms with E-state index in [0.717, 1.165) is 32.0 Å². The molecule has 1 N–H and O–H groups in total. The average Bonchev–Trinajstić information content (AvgIpc) is 2.89. The summed E-state index contributed by atoms with van der Waals surface area (Å²) in [5, 5.41) is 9.10. The number of carboxylic acid groups (broad SMARTS) is 1. The number of aliphatic carboxylic acids is 1. The van der Waals surface area contributed by atoms with Gasteiger partial charge in [-0.05, 0) is 66.7 Å². The third-order valence-corrected chi connectivity index (χ3v) is 10.2. The molecule has 0 amide bonds. The molecule has 0 bridgehead atoms. The average molecular weight is 715 g/mol. The maximum Gasteiger partial charge on any atom is 0.311 e. The first-order chi connectivity index (χ1) is 22.0. The summed E-state index contributed by atoms with van der Waals surface area (Å²) in [5.74, 6) is -0.995. The van der Waals surface area contributed by atoms with E-state index in [9.17, 15) is 19.2 Å². The minimum atomic E-state index is -1.04. The summed E-state index contributed by atoms with van der Waals surface area (Å²) in [4.78, 5) is 50.4. The minimum Gasteiger partial charge on any atom is -0.481 e.